The second-order valence-electron chi connectivity index (χ2n) is 5.89. The minimum absolute atomic E-state index is 0.0715. The van der Waals surface area contributed by atoms with E-state index in [4.69, 9.17) is 14.6 Å². The summed E-state index contributed by atoms with van der Waals surface area (Å²) >= 11 is 1.70. The lowest BCUT2D eigenvalue weighted by Gasteiger charge is -2.36. The van der Waals surface area contributed by atoms with Gasteiger partial charge in [-0.3, -0.25) is 4.79 Å². The van der Waals surface area contributed by atoms with Gasteiger partial charge in [-0.1, -0.05) is 0 Å². The van der Waals surface area contributed by atoms with Gasteiger partial charge in [-0.05, 0) is 30.7 Å². The van der Waals surface area contributed by atoms with Gasteiger partial charge in [0.1, 0.15) is 12.2 Å². The zero-order valence-corrected chi connectivity index (χ0v) is 13.0. The lowest BCUT2D eigenvalue weighted by Crippen LogP contribution is -2.52. The Labute approximate surface area is 133 Å². The normalized spacial score (nSPS) is 32.0. The van der Waals surface area contributed by atoms with Gasteiger partial charge in [0, 0.05) is 22.8 Å². The van der Waals surface area contributed by atoms with Crippen LogP contribution in [0, 0.1) is 0 Å². The van der Waals surface area contributed by atoms with Gasteiger partial charge in [0.25, 0.3) is 5.91 Å². The third-order valence-corrected chi connectivity index (χ3v) is 5.72. The van der Waals surface area contributed by atoms with Crippen LogP contribution in [0.25, 0.3) is 0 Å². The molecule has 0 aromatic heterocycles. The van der Waals surface area contributed by atoms with Crippen LogP contribution in [0.3, 0.4) is 0 Å². The van der Waals surface area contributed by atoms with Crippen molar-refractivity contribution in [2.75, 3.05) is 25.6 Å². The number of likely N-dealkylation sites (tertiary alicyclic amines) is 1. The van der Waals surface area contributed by atoms with Crippen LogP contribution in [0.15, 0.2) is 29.2 Å². The molecule has 0 aliphatic carbocycles. The molecule has 1 N–H and O–H groups in total. The molecule has 3 aliphatic heterocycles. The van der Waals surface area contributed by atoms with Crippen molar-refractivity contribution in [1.82, 2.24) is 4.90 Å². The fraction of sp³-hybridized carbons (Fsp3) is 0.562. The molecule has 4 bridgehead atoms. The summed E-state index contributed by atoms with van der Waals surface area (Å²) in [6, 6.07) is 7.91. The monoisotopic (exact) mass is 321 g/mol. The number of rotatable bonds is 5. The molecule has 1 amide bonds. The van der Waals surface area contributed by atoms with E-state index in [2.05, 4.69) is 0 Å². The van der Waals surface area contributed by atoms with Gasteiger partial charge in [-0.25, -0.2) is 0 Å². The zero-order valence-electron chi connectivity index (χ0n) is 12.2. The molecule has 1 aromatic rings. The highest BCUT2D eigenvalue weighted by Gasteiger charge is 2.61. The summed E-state index contributed by atoms with van der Waals surface area (Å²) in [6.45, 7) is 1.40. The summed E-state index contributed by atoms with van der Waals surface area (Å²) in [4.78, 5) is 15.9. The van der Waals surface area contributed by atoms with Gasteiger partial charge in [-0.2, -0.15) is 0 Å². The molecule has 0 spiro atoms. The SMILES string of the molecule is O=C(c1ccc(SCCCO)cc1)N1[C@@H]2CO[C@H]3[C@@H]2OC[C@H]31. The number of carbonyl (C=O) groups excluding carboxylic acids is 1. The Bertz CT molecular complexity index is 546. The highest BCUT2D eigenvalue weighted by atomic mass is 32.2. The number of hydrogen-bond acceptors (Lipinski definition) is 5. The van der Waals surface area contributed by atoms with E-state index in [1.165, 1.54) is 0 Å². The van der Waals surface area contributed by atoms with Crippen LogP contribution in [-0.4, -0.2) is 65.8 Å². The van der Waals surface area contributed by atoms with Crippen LogP contribution in [0.5, 0.6) is 0 Å². The van der Waals surface area contributed by atoms with Crippen molar-refractivity contribution < 1.29 is 19.4 Å². The maximum Gasteiger partial charge on any atom is 0.254 e. The van der Waals surface area contributed by atoms with Gasteiger partial charge in [-0.15, -0.1) is 11.8 Å². The molecule has 3 fully saturated rings. The highest BCUT2D eigenvalue weighted by molar-refractivity contribution is 7.99. The molecule has 1 aromatic carbocycles. The number of thioether (sulfide) groups is 1. The van der Waals surface area contributed by atoms with Crippen molar-refractivity contribution in [3.8, 4) is 0 Å². The number of benzene rings is 1. The smallest absolute Gasteiger partial charge is 0.254 e. The number of aliphatic hydroxyl groups is 1. The van der Waals surface area contributed by atoms with Crippen molar-refractivity contribution >= 4 is 17.7 Å². The van der Waals surface area contributed by atoms with E-state index in [1.807, 2.05) is 29.2 Å². The van der Waals surface area contributed by atoms with E-state index in [1.54, 1.807) is 11.8 Å². The average molecular weight is 321 g/mol. The Morgan fingerprint density at radius 2 is 1.82 bits per heavy atom. The van der Waals surface area contributed by atoms with E-state index >= 15 is 0 Å². The molecule has 6 heteroatoms. The second-order valence-corrected chi connectivity index (χ2v) is 7.06. The number of carbonyl (C=O) groups is 1. The standard InChI is InChI=1S/C16H19NO4S/c18-6-1-7-22-11-4-2-10(3-5-11)16(19)17-12-8-20-15-13(17)9-21-14(12)15/h2-5,12-15,18H,1,6-9H2/t12-,13-,14-,15-/m1/s1. The van der Waals surface area contributed by atoms with Gasteiger partial charge in [0.05, 0.1) is 25.3 Å². The number of morpholine rings is 2. The maximum absolute atomic E-state index is 12.8. The van der Waals surface area contributed by atoms with Crippen molar-refractivity contribution in [1.29, 1.82) is 0 Å². The average Bonchev–Trinajstić information content (AvgIpc) is 3.22. The molecule has 0 unspecified atom stereocenters. The Kier molecular flexibility index (Phi) is 3.86. The second kappa shape index (κ2) is 5.85. The van der Waals surface area contributed by atoms with Crippen LogP contribution < -0.4 is 0 Å². The highest BCUT2D eigenvalue weighted by Crippen LogP contribution is 2.42. The molecule has 4 atom stereocenters. The first kappa shape index (κ1) is 14.5. The summed E-state index contributed by atoms with van der Waals surface area (Å²) in [5.74, 6) is 0.971. The lowest BCUT2D eigenvalue weighted by atomic mass is 10.1. The van der Waals surface area contributed by atoms with E-state index in [9.17, 15) is 4.79 Å². The van der Waals surface area contributed by atoms with Gasteiger partial charge >= 0.3 is 0 Å². The number of aliphatic hydroxyl groups excluding tert-OH is 1. The van der Waals surface area contributed by atoms with Crippen molar-refractivity contribution in [2.24, 2.45) is 0 Å². The van der Waals surface area contributed by atoms with Crippen molar-refractivity contribution in [2.45, 2.75) is 35.6 Å². The molecule has 3 heterocycles. The minimum atomic E-state index is 0.0715. The predicted molar refractivity (Wildman–Crippen MR) is 82.1 cm³/mol. The molecule has 0 saturated carbocycles. The predicted octanol–water partition coefficient (Wildman–Crippen LogP) is 1.15. The fourth-order valence-electron chi connectivity index (χ4n) is 3.58. The van der Waals surface area contributed by atoms with Gasteiger partial charge in [0.2, 0.25) is 0 Å². The fourth-order valence-corrected chi connectivity index (χ4v) is 4.42. The lowest BCUT2D eigenvalue weighted by molar-refractivity contribution is -0.0280. The maximum atomic E-state index is 12.8. The Morgan fingerprint density at radius 1 is 1.18 bits per heavy atom. The molecule has 0 radical (unpaired) electrons. The molecular formula is C16H19NO4S. The van der Waals surface area contributed by atoms with E-state index in [0.717, 1.165) is 22.6 Å². The molecule has 118 valence electrons. The largest absolute Gasteiger partial charge is 0.396 e. The first-order valence-corrected chi connectivity index (χ1v) is 8.68. The topological polar surface area (TPSA) is 59.0 Å². The van der Waals surface area contributed by atoms with Crippen molar-refractivity contribution in [3.63, 3.8) is 0 Å². The summed E-state index contributed by atoms with van der Waals surface area (Å²) in [7, 11) is 0. The van der Waals surface area contributed by atoms with E-state index in [-0.39, 0.29) is 36.8 Å². The van der Waals surface area contributed by atoms with Crippen molar-refractivity contribution in [3.05, 3.63) is 29.8 Å². The molecule has 3 saturated heterocycles. The summed E-state index contributed by atoms with van der Waals surface area (Å²) < 4.78 is 11.4. The Morgan fingerprint density at radius 3 is 2.41 bits per heavy atom. The molecule has 5 nitrogen and oxygen atoms in total. The number of hydrogen-bond donors (Lipinski definition) is 1. The van der Waals surface area contributed by atoms with E-state index in [0.29, 0.717) is 13.2 Å². The molecule has 3 aliphatic rings. The zero-order chi connectivity index (χ0) is 15.1. The Balaban J connectivity index is 1.45. The summed E-state index contributed by atoms with van der Waals surface area (Å²) in [5.41, 5.74) is 0.727. The summed E-state index contributed by atoms with van der Waals surface area (Å²) in [5, 5.41) is 8.80. The molecule has 22 heavy (non-hydrogen) atoms. The molecular weight excluding hydrogens is 302 g/mol. The van der Waals surface area contributed by atoms with Crippen LogP contribution in [-0.2, 0) is 9.47 Å². The minimum Gasteiger partial charge on any atom is -0.396 e. The third-order valence-electron chi connectivity index (χ3n) is 4.62. The van der Waals surface area contributed by atoms with Gasteiger partial charge in [0.15, 0.2) is 0 Å². The van der Waals surface area contributed by atoms with Gasteiger partial charge < -0.3 is 19.5 Å². The number of nitrogens with zero attached hydrogens (tertiary/aromatic N) is 1. The number of amides is 1. The van der Waals surface area contributed by atoms with Crippen LogP contribution >= 0.6 is 11.8 Å². The van der Waals surface area contributed by atoms with E-state index < -0.39 is 0 Å². The Hall–Kier alpha value is -1.08. The molecule has 4 rings (SSSR count). The van der Waals surface area contributed by atoms with Crippen LogP contribution in [0.2, 0.25) is 0 Å². The van der Waals surface area contributed by atoms with Crippen LogP contribution in [0.4, 0.5) is 0 Å². The first-order chi connectivity index (χ1) is 10.8. The summed E-state index contributed by atoms with van der Waals surface area (Å²) in [6.07, 6.45) is 0.926. The third kappa shape index (κ3) is 2.25. The first-order valence-electron chi connectivity index (χ1n) is 7.69. The quantitative estimate of drug-likeness (QED) is 0.651. The van der Waals surface area contributed by atoms with Crippen LogP contribution in [0.1, 0.15) is 16.8 Å². The number of ether oxygens (including phenoxy) is 2.